The van der Waals surface area contributed by atoms with Crippen molar-refractivity contribution in [3.05, 3.63) is 34.2 Å². The zero-order valence-corrected chi connectivity index (χ0v) is 12.2. The molecule has 1 aliphatic heterocycles. The van der Waals surface area contributed by atoms with E-state index in [4.69, 9.17) is 5.11 Å². The lowest BCUT2D eigenvalue weighted by Gasteiger charge is -2.23. The number of hydrogen-bond donors (Lipinski definition) is 2. The van der Waals surface area contributed by atoms with E-state index in [0.717, 1.165) is 6.42 Å². The van der Waals surface area contributed by atoms with Gasteiger partial charge < -0.3 is 15.0 Å². The van der Waals surface area contributed by atoms with Crippen molar-refractivity contribution in [1.29, 1.82) is 0 Å². The van der Waals surface area contributed by atoms with Crippen molar-refractivity contribution in [2.45, 2.75) is 25.3 Å². The highest BCUT2D eigenvalue weighted by Crippen LogP contribution is 2.23. The van der Waals surface area contributed by atoms with Gasteiger partial charge in [-0.05, 0) is 31.0 Å². The number of carboxylic acid groups (broad SMARTS) is 1. The Kier molecular flexibility index (Phi) is 3.48. The maximum absolute atomic E-state index is 12.6. The standard InChI is InChI=1S/C15H17N3O4/c1-17-12-7-9(4-5-11(12)16-15(17)22)14(21)18-6-2-3-10(18)8-13(19)20/h4-5,7,10H,2-3,6,8H2,1H3,(H,16,22)(H,19,20). The Morgan fingerprint density at radius 3 is 2.91 bits per heavy atom. The van der Waals surface area contributed by atoms with Crippen molar-refractivity contribution < 1.29 is 14.7 Å². The molecule has 116 valence electrons. The zero-order valence-electron chi connectivity index (χ0n) is 12.2. The summed E-state index contributed by atoms with van der Waals surface area (Å²) in [6.45, 7) is 0.570. The van der Waals surface area contributed by atoms with E-state index >= 15 is 0 Å². The molecule has 1 fully saturated rings. The van der Waals surface area contributed by atoms with E-state index in [1.165, 1.54) is 4.57 Å². The van der Waals surface area contributed by atoms with E-state index in [2.05, 4.69) is 4.98 Å². The molecule has 1 atom stereocenters. The number of benzene rings is 1. The summed E-state index contributed by atoms with van der Waals surface area (Å²) in [5, 5.41) is 8.94. The topological polar surface area (TPSA) is 95.4 Å². The van der Waals surface area contributed by atoms with Crippen molar-refractivity contribution in [2.24, 2.45) is 7.05 Å². The van der Waals surface area contributed by atoms with Crippen LogP contribution in [0.5, 0.6) is 0 Å². The number of fused-ring (bicyclic) bond motifs is 1. The SMILES string of the molecule is Cn1c(=O)[nH]c2ccc(C(=O)N3CCCC3CC(=O)O)cc21. The average Bonchev–Trinajstić information content (AvgIpc) is 3.03. The smallest absolute Gasteiger partial charge is 0.326 e. The number of aryl methyl sites for hydroxylation is 1. The van der Waals surface area contributed by atoms with E-state index < -0.39 is 5.97 Å². The van der Waals surface area contributed by atoms with E-state index in [0.29, 0.717) is 29.6 Å². The fourth-order valence-electron chi connectivity index (χ4n) is 3.04. The Morgan fingerprint density at radius 1 is 1.41 bits per heavy atom. The van der Waals surface area contributed by atoms with Crippen LogP contribution in [0.1, 0.15) is 29.6 Å². The highest BCUT2D eigenvalue weighted by molar-refractivity contribution is 5.98. The molecule has 7 heteroatoms. The summed E-state index contributed by atoms with van der Waals surface area (Å²) in [4.78, 5) is 39.5. The fraction of sp³-hybridized carbons (Fsp3) is 0.400. The third-order valence-corrected chi connectivity index (χ3v) is 4.20. The molecule has 1 aliphatic rings. The summed E-state index contributed by atoms with van der Waals surface area (Å²) >= 11 is 0. The number of hydrogen-bond acceptors (Lipinski definition) is 3. The number of H-pyrrole nitrogens is 1. The van der Waals surface area contributed by atoms with Crippen molar-refractivity contribution in [1.82, 2.24) is 14.5 Å². The van der Waals surface area contributed by atoms with Crippen LogP contribution in [0.2, 0.25) is 0 Å². The van der Waals surface area contributed by atoms with Gasteiger partial charge in [-0.3, -0.25) is 14.2 Å². The highest BCUT2D eigenvalue weighted by Gasteiger charge is 2.31. The number of aromatic nitrogens is 2. The lowest BCUT2D eigenvalue weighted by atomic mass is 10.1. The molecule has 0 saturated carbocycles. The first-order valence-electron chi connectivity index (χ1n) is 7.19. The lowest BCUT2D eigenvalue weighted by molar-refractivity contribution is -0.137. The van der Waals surface area contributed by atoms with Gasteiger partial charge in [0.05, 0.1) is 17.5 Å². The lowest BCUT2D eigenvalue weighted by Crippen LogP contribution is -2.36. The Balaban J connectivity index is 1.93. The third kappa shape index (κ3) is 2.38. The molecule has 1 aromatic heterocycles. The molecule has 1 amide bonds. The number of carboxylic acids is 1. The molecule has 0 radical (unpaired) electrons. The van der Waals surface area contributed by atoms with Gasteiger partial charge in [0.1, 0.15) is 0 Å². The number of likely N-dealkylation sites (tertiary alicyclic amines) is 1. The quantitative estimate of drug-likeness (QED) is 0.882. The summed E-state index contributed by atoms with van der Waals surface area (Å²) in [7, 11) is 1.64. The van der Waals surface area contributed by atoms with Gasteiger partial charge in [-0.2, -0.15) is 0 Å². The minimum Gasteiger partial charge on any atom is -0.481 e. The van der Waals surface area contributed by atoms with Gasteiger partial charge >= 0.3 is 11.7 Å². The van der Waals surface area contributed by atoms with Crippen LogP contribution in [-0.2, 0) is 11.8 Å². The van der Waals surface area contributed by atoms with Crippen LogP contribution in [0, 0.1) is 0 Å². The number of amides is 1. The van der Waals surface area contributed by atoms with Crippen LogP contribution in [0.4, 0.5) is 0 Å². The van der Waals surface area contributed by atoms with Gasteiger partial charge in [0.25, 0.3) is 5.91 Å². The first-order chi connectivity index (χ1) is 10.5. The normalized spacial score (nSPS) is 18.0. The van der Waals surface area contributed by atoms with E-state index in [9.17, 15) is 14.4 Å². The maximum Gasteiger partial charge on any atom is 0.326 e. The van der Waals surface area contributed by atoms with Gasteiger partial charge in [-0.15, -0.1) is 0 Å². The number of carbonyl (C=O) groups is 2. The molecule has 22 heavy (non-hydrogen) atoms. The van der Waals surface area contributed by atoms with Crippen LogP contribution in [0.3, 0.4) is 0 Å². The Bertz CT molecular complexity index is 805. The Hall–Kier alpha value is -2.57. The molecule has 0 spiro atoms. The van der Waals surface area contributed by atoms with Crippen molar-refractivity contribution >= 4 is 22.9 Å². The third-order valence-electron chi connectivity index (χ3n) is 4.20. The average molecular weight is 303 g/mol. The predicted octanol–water partition coefficient (Wildman–Crippen LogP) is 0.946. The molecular weight excluding hydrogens is 286 g/mol. The number of rotatable bonds is 3. The number of imidazole rings is 1. The van der Waals surface area contributed by atoms with E-state index in [1.807, 2.05) is 0 Å². The maximum atomic E-state index is 12.6. The van der Waals surface area contributed by atoms with E-state index in [-0.39, 0.29) is 24.1 Å². The number of nitrogens with zero attached hydrogens (tertiary/aromatic N) is 2. The zero-order chi connectivity index (χ0) is 15.9. The second kappa shape index (κ2) is 5.32. The van der Waals surface area contributed by atoms with Gasteiger partial charge in [0.2, 0.25) is 0 Å². The van der Waals surface area contributed by atoms with Gasteiger partial charge in [0, 0.05) is 25.2 Å². The molecule has 1 aromatic carbocycles. The second-order valence-electron chi connectivity index (χ2n) is 5.61. The summed E-state index contributed by atoms with van der Waals surface area (Å²) in [5.74, 6) is -1.08. The molecule has 2 aromatic rings. The summed E-state index contributed by atoms with van der Waals surface area (Å²) in [6.07, 6.45) is 1.49. The summed E-state index contributed by atoms with van der Waals surface area (Å²) < 4.78 is 1.45. The minimum atomic E-state index is -0.895. The molecule has 2 heterocycles. The van der Waals surface area contributed by atoms with Crippen molar-refractivity contribution in [3.8, 4) is 0 Å². The molecule has 3 rings (SSSR count). The van der Waals surface area contributed by atoms with Gasteiger partial charge in [-0.25, -0.2) is 4.79 Å². The predicted molar refractivity (Wildman–Crippen MR) is 79.9 cm³/mol. The summed E-state index contributed by atoms with van der Waals surface area (Å²) in [5.41, 5.74) is 1.57. The first kappa shape index (κ1) is 14.4. The van der Waals surface area contributed by atoms with Gasteiger partial charge in [-0.1, -0.05) is 0 Å². The van der Waals surface area contributed by atoms with Crippen LogP contribution >= 0.6 is 0 Å². The Labute approximate surface area is 126 Å². The van der Waals surface area contributed by atoms with Crippen LogP contribution in [0.15, 0.2) is 23.0 Å². The van der Waals surface area contributed by atoms with Crippen LogP contribution < -0.4 is 5.69 Å². The highest BCUT2D eigenvalue weighted by atomic mass is 16.4. The van der Waals surface area contributed by atoms with E-state index in [1.54, 1.807) is 30.1 Å². The number of carbonyl (C=O) groups excluding carboxylic acids is 1. The molecule has 0 bridgehead atoms. The number of aliphatic carboxylic acids is 1. The fourth-order valence-corrected chi connectivity index (χ4v) is 3.04. The largest absolute Gasteiger partial charge is 0.481 e. The van der Waals surface area contributed by atoms with Gasteiger partial charge in [0.15, 0.2) is 0 Å². The van der Waals surface area contributed by atoms with Crippen LogP contribution in [0.25, 0.3) is 11.0 Å². The number of aromatic amines is 1. The second-order valence-corrected chi connectivity index (χ2v) is 5.61. The molecule has 0 aliphatic carbocycles. The van der Waals surface area contributed by atoms with Crippen LogP contribution in [-0.4, -0.2) is 44.0 Å². The minimum absolute atomic E-state index is 0.0311. The molecule has 1 unspecified atom stereocenters. The number of nitrogens with one attached hydrogen (secondary N) is 1. The monoisotopic (exact) mass is 303 g/mol. The molecule has 1 saturated heterocycles. The Morgan fingerprint density at radius 2 is 2.18 bits per heavy atom. The molecule has 2 N–H and O–H groups in total. The van der Waals surface area contributed by atoms with Crippen molar-refractivity contribution in [2.75, 3.05) is 6.54 Å². The summed E-state index contributed by atoms with van der Waals surface area (Å²) in [6, 6.07) is 4.78. The molecule has 7 nitrogen and oxygen atoms in total. The molecular formula is C15H17N3O4. The van der Waals surface area contributed by atoms with Crippen molar-refractivity contribution in [3.63, 3.8) is 0 Å². The first-order valence-corrected chi connectivity index (χ1v) is 7.19.